The molecule has 0 aromatic heterocycles. The summed E-state index contributed by atoms with van der Waals surface area (Å²) in [5.74, 6) is 3.21. The zero-order chi connectivity index (χ0) is 22.1. The molecule has 6 atom stereocenters. The largest absolute Gasteiger partial charge is 0.393 e. The lowest BCUT2D eigenvalue weighted by molar-refractivity contribution is -0.116. The molecule has 32 heavy (non-hydrogen) atoms. The molecule has 0 amide bonds. The lowest BCUT2D eigenvalue weighted by atomic mass is 9.68. The topological polar surface area (TPSA) is 37.3 Å². The van der Waals surface area contributed by atoms with E-state index >= 15 is 0 Å². The highest BCUT2D eigenvalue weighted by Gasteiger charge is 2.50. The van der Waals surface area contributed by atoms with Gasteiger partial charge in [0.1, 0.15) is 0 Å². The second kappa shape index (κ2) is 9.51. The van der Waals surface area contributed by atoms with Crippen LogP contribution >= 0.6 is 0 Å². The molecule has 2 nitrogen and oxygen atoms in total. The van der Waals surface area contributed by atoms with Crippen molar-refractivity contribution < 1.29 is 9.90 Å². The van der Waals surface area contributed by atoms with Crippen LogP contribution in [0.2, 0.25) is 0 Å². The summed E-state index contributed by atoms with van der Waals surface area (Å²) in [6, 6.07) is 0. The summed E-state index contributed by atoms with van der Waals surface area (Å²) in [5, 5.41) is 11.4. The summed E-state index contributed by atoms with van der Waals surface area (Å²) < 4.78 is 0. The summed E-state index contributed by atoms with van der Waals surface area (Å²) in [5.41, 5.74) is 5.19. The zero-order valence-corrected chi connectivity index (χ0v) is 19.5. The first-order valence-electron chi connectivity index (χ1n) is 12.9. The third-order valence-electron chi connectivity index (χ3n) is 9.00. The number of hydrogen-bond acceptors (Lipinski definition) is 2. The second-order valence-corrected chi connectivity index (χ2v) is 10.8. The fourth-order valence-corrected chi connectivity index (χ4v) is 7.47. The molecule has 0 spiro atoms. The molecular weight excluding hydrogens is 392 g/mol. The maximum absolute atomic E-state index is 12.8. The number of carbonyl (C=O) groups is 1. The van der Waals surface area contributed by atoms with Crippen LogP contribution in [0.15, 0.2) is 70.9 Å². The molecule has 5 aliphatic carbocycles. The average Bonchev–Trinajstić information content (AvgIpc) is 3.58. The van der Waals surface area contributed by atoms with Gasteiger partial charge in [0.15, 0.2) is 5.78 Å². The van der Waals surface area contributed by atoms with Crippen LogP contribution in [0.3, 0.4) is 0 Å². The Morgan fingerprint density at radius 3 is 2.62 bits per heavy atom. The van der Waals surface area contributed by atoms with Gasteiger partial charge in [-0.2, -0.15) is 0 Å². The molecule has 0 bridgehead atoms. The van der Waals surface area contributed by atoms with Gasteiger partial charge in [0, 0.05) is 12.0 Å². The molecule has 6 unspecified atom stereocenters. The van der Waals surface area contributed by atoms with E-state index in [4.69, 9.17) is 0 Å². The second-order valence-electron chi connectivity index (χ2n) is 10.8. The van der Waals surface area contributed by atoms with Gasteiger partial charge in [0.05, 0.1) is 6.10 Å². The fourth-order valence-electron chi connectivity index (χ4n) is 7.47. The van der Waals surface area contributed by atoms with Crippen LogP contribution in [0, 0.1) is 29.6 Å². The molecule has 170 valence electrons. The Bertz CT molecular complexity index is 924. The van der Waals surface area contributed by atoms with E-state index in [1.54, 1.807) is 5.57 Å². The summed E-state index contributed by atoms with van der Waals surface area (Å²) >= 11 is 0. The SMILES string of the molecule is CC1=C(C(=O)CCC(O)C2CC3C(CC4=CC=CC4)CCCC3C2C2=CC=CC2)CC=C1. The predicted octanol–water partition coefficient (Wildman–Crippen LogP) is 6.80. The fraction of sp³-hybridized carbons (Fsp3) is 0.567. The number of rotatable bonds is 8. The minimum absolute atomic E-state index is 0.235. The Hall–Kier alpha value is -1.93. The summed E-state index contributed by atoms with van der Waals surface area (Å²) in [4.78, 5) is 12.8. The monoisotopic (exact) mass is 430 g/mol. The van der Waals surface area contributed by atoms with Gasteiger partial charge in [-0.05, 0) is 93.5 Å². The van der Waals surface area contributed by atoms with Crippen molar-refractivity contribution in [3.8, 4) is 0 Å². The molecule has 2 heteroatoms. The molecule has 2 fully saturated rings. The summed E-state index contributed by atoms with van der Waals surface area (Å²) in [6.45, 7) is 2.03. The molecule has 5 rings (SSSR count). The molecule has 5 aliphatic rings. The van der Waals surface area contributed by atoms with E-state index in [1.165, 1.54) is 31.3 Å². The summed E-state index contributed by atoms with van der Waals surface area (Å²) in [7, 11) is 0. The van der Waals surface area contributed by atoms with Crippen molar-refractivity contribution in [1.82, 2.24) is 0 Å². The average molecular weight is 431 g/mol. The van der Waals surface area contributed by atoms with Gasteiger partial charge < -0.3 is 5.11 Å². The van der Waals surface area contributed by atoms with E-state index in [0.29, 0.717) is 30.6 Å². The first kappa shape index (κ1) is 21.9. The zero-order valence-electron chi connectivity index (χ0n) is 19.5. The number of aliphatic hydroxyl groups is 1. The lowest BCUT2D eigenvalue weighted by Gasteiger charge is -2.37. The third-order valence-corrected chi connectivity index (χ3v) is 9.00. The molecule has 1 N–H and O–H groups in total. The first-order valence-corrected chi connectivity index (χ1v) is 12.9. The van der Waals surface area contributed by atoms with Crippen molar-refractivity contribution in [3.05, 3.63) is 70.9 Å². The van der Waals surface area contributed by atoms with Crippen LogP contribution in [0.4, 0.5) is 0 Å². The normalized spacial score (nSPS) is 34.2. The molecule has 0 aliphatic heterocycles. The number of allylic oxidation sites excluding steroid dienone is 12. The highest BCUT2D eigenvalue weighted by atomic mass is 16.3. The number of fused-ring (bicyclic) bond motifs is 1. The Balaban J connectivity index is 1.29. The minimum Gasteiger partial charge on any atom is -0.393 e. The van der Waals surface area contributed by atoms with Gasteiger partial charge in [0.2, 0.25) is 0 Å². The van der Waals surface area contributed by atoms with Crippen LogP contribution in [-0.4, -0.2) is 17.0 Å². The number of Topliss-reactive ketones (excluding diaryl/α,β-unsaturated/α-hetero) is 1. The lowest BCUT2D eigenvalue weighted by Crippen LogP contribution is -2.30. The Labute approximate surface area is 193 Å². The maximum atomic E-state index is 12.8. The van der Waals surface area contributed by atoms with Crippen LogP contribution in [0.5, 0.6) is 0 Å². The Morgan fingerprint density at radius 1 is 1.06 bits per heavy atom. The predicted molar refractivity (Wildman–Crippen MR) is 131 cm³/mol. The van der Waals surface area contributed by atoms with Crippen molar-refractivity contribution in [2.45, 2.75) is 77.2 Å². The van der Waals surface area contributed by atoms with E-state index in [2.05, 4.69) is 48.6 Å². The molecule has 0 heterocycles. The van der Waals surface area contributed by atoms with Gasteiger partial charge >= 0.3 is 0 Å². The third kappa shape index (κ3) is 4.31. The number of ketones is 1. The molecular formula is C30H38O2. The molecule has 0 aromatic carbocycles. The molecule has 2 saturated carbocycles. The molecule has 0 aromatic rings. The van der Waals surface area contributed by atoms with Crippen LogP contribution in [-0.2, 0) is 4.79 Å². The van der Waals surface area contributed by atoms with Gasteiger partial charge in [-0.25, -0.2) is 0 Å². The van der Waals surface area contributed by atoms with E-state index < -0.39 is 0 Å². The van der Waals surface area contributed by atoms with Crippen LogP contribution in [0.25, 0.3) is 0 Å². The maximum Gasteiger partial charge on any atom is 0.159 e. The smallest absolute Gasteiger partial charge is 0.159 e. The van der Waals surface area contributed by atoms with E-state index in [9.17, 15) is 9.90 Å². The highest BCUT2D eigenvalue weighted by molar-refractivity contribution is 5.97. The standard InChI is InChI=1S/C30H38O2/c1-20-8-6-14-24(20)28(31)16-17-29(32)27-19-26-23(18-21-9-2-3-10-21)13-7-15-25(26)30(27)22-11-4-5-12-22/h2-6,8-9,11,23,25-27,29-30,32H,7,10,12-19H2,1H3. The highest BCUT2D eigenvalue weighted by Crippen LogP contribution is 2.57. The Kier molecular flexibility index (Phi) is 6.51. The van der Waals surface area contributed by atoms with Gasteiger partial charge in [-0.15, -0.1) is 0 Å². The van der Waals surface area contributed by atoms with E-state index in [-0.39, 0.29) is 11.9 Å². The van der Waals surface area contributed by atoms with Crippen molar-refractivity contribution in [2.75, 3.05) is 0 Å². The van der Waals surface area contributed by atoms with E-state index in [1.807, 2.05) is 6.92 Å². The summed E-state index contributed by atoms with van der Waals surface area (Å²) in [6.07, 6.45) is 27.7. The number of aliphatic hydroxyl groups excluding tert-OH is 1. The first-order chi connectivity index (χ1) is 15.6. The van der Waals surface area contributed by atoms with Crippen LogP contribution in [0.1, 0.15) is 71.1 Å². The molecule has 0 saturated heterocycles. The number of hydrogen-bond donors (Lipinski definition) is 1. The van der Waals surface area contributed by atoms with E-state index in [0.717, 1.165) is 48.7 Å². The minimum atomic E-state index is -0.376. The Morgan fingerprint density at radius 2 is 1.91 bits per heavy atom. The van der Waals surface area contributed by atoms with Crippen LogP contribution < -0.4 is 0 Å². The molecule has 0 radical (unpaired) electrons. The van der Waals surface area contributed by atoms with Crippen molar-refractivity contribution >= 4 is 5.78 Å². The quantitative estimate of drug-likeness (QED) is 0.459. The van der Waals surface area contributed by atoms with Crippen molar-refractivity contribution in [3.63, 3.8) is 0 Å². The van der Waals surface area contributed by atoms with Gasteiger partial charge in [0.25, 0.3) is 0 Å². The van der Waals surface area contributed by atoms with Gasteiger partial charge in [-0.3, -0.25) is 4.79 Å². The van der Waals surface area contributed by atoms with Gasteiger partial charge in [-0.1, -0.05) is 66.2 Å². The van der Waals surface area contributed by atoms with Crippen molar-refractivity contribution in [2.24, 2.45) is 29.6 Å². The number of carbonyl (C=O) groups excluding carboxylic acids is 1. The van der Waals surface area contributed by atoms with Crippen molar-refractivity contribution in [1.29, 1.82) is 0 Å².